The molecule has 0 unspecified atom stereocenters. The first kappa shape index (κ1) is 10.5. The maximum Gasteiger partial charge on any atom is 0.205 e. The molecule has 0 atom stereocenters. The van der Waals surface area contributed by atoms with E-state index in [4.69, 9.17) is 11.6 Å². The van der Waals surface area contributed by atoms with Gasteiger partial charge in [0.1, 0.15) is 5.65 Å². The summed E-state index contributed by atoms with van der Waals surface area (Å²) >= 11 is 7.52. The van der Waals surface area contributed by atoms with E-state index in [2.05, 4.69) is 9.97 Å². The van der Waals surface area contributed by atoms with Gasteiger partial charge < -0.3 is 4.98 Å². The van der Waals surface area contributed by atoms with Gasteiger partial charge in [-0.1, -0.05) is 17.7 Å². The number of aromatic nitrogens is 2. The zero-order chi connectivity index (χ0) is 11.8. The molecular formula is C12H7ClN2OS. The lowest BCUT2D eigenvalue weighted by Crippen LogP contribution is -1.97. The van der Waals surface area contributed by atoms with Crippen molar-refractivity contribution in [1.29, 1.82) is 0 Å². The summed E-state index contributed by atoms with van der Waals surface area (Å²) in [5.41, 5.74) is 1.21. The van der Waals surface area contributed by atoms with Crippen LogP contribution in [0.5, 0.6) is 0 Å². The Bertz CT molecular complexity index is 688. The van der Waals surface area contributed by atoms with Crippen molar-refractivity contribution < 1.29 is 4.79 Å². The highest BCUT2D eigenvalue weighted by Gasteiger charge is 2.17. The third kappa shape index (κ3) is 1.66. The highest BCUT2D eigenvalue weighted by atomic mass is 35.5. The van der Waals surface area contributed by atoms with Crippen LogP contribution < -0.4 is 0 Å². The van der Waals surface area contributed by atoms with Crippen molar-refractivity contribution in [2.24, 2.45) is 0 Å². The number of thiophene rings is 1. The minimum atomic E-state index is -0.0267. The molecule has 0 amide bonds. The second-order valence-corrected chi connectivity index (χ2v) is 4.88. The Morgan fingerprint density at radius 3 is 3.06 bits per heavy atom. The van der Waals surface area contributed by atoms with Crippen molar-refractivity contribution >= 4 is 39.8 Å². The standard InChI is InChI=1S/C12H7ClN2OS/c13-8-3-4-14-12-10(8)7(6-15-12)11(16)9-2-1-5-17-9/h1-6H,(H,14,15). The minimum Gasteiger partial charge on any atom is -0.345 e. The SMILES string of the molecule is O=C(c1cccs1)c1c[nH]c2nccc(Cl)c12. The Balaban J connectivity index is 2.22. The predicted octanol–water partition coefficient (Wildman–Crippen LogP) is 3.51. The Hall–Kier alpha value is -1.65. The largest absolute Gasteiger partial charge is 0.345 e. The Labute approximate surface area is 106 Å². The fraction of sp³-hybridized carbons (Fsp3) is 0. The number of hydrogen-bond donors (Lipinski definition) is 1. The Kier molecular flexibility index (Phi) is 2.46. The van der Waals surface area contributed by atoms with Gasteiger partial charge >= 0.3 is 0 Å². The highest BCUT2D eigenvalue weighted by molar-refractivity contribution is 7.12. The molecule has 0 saturated carbocycles. The molecule has 0 aromatic carbocycles. The normalized spacial score (nSPS) is 10.9. The molecule has 17 heavy (non-hydrogen) atoms. The number of nitrogens with one attached hydrogen (secondary N) is 1. The van der Waals surface area contributed by atoms with Crippen LogP contribution in [0.2, 0.25) is 5.02 Å². The first-order valence-corrected chi connectivity index (χ1v) is 6.23. The van der Waals surface area contributed by atoms with E-state index in [1.54, 1.807) is 24.5 Å². The molecular weight excluding hydrogens is 256 g/mol. The monoisotopic (exact) mass is 262 g/mol. The summed E-state index contributed by atoms with van der Waals surface area (Å²) in [7, 11) is 0. The summed E-state index contributed by atoms with van der Waals surface area (Å²) in [6.45, 7) is 0. The smallest absolute Gasteiger partial charge is 0.205 e. The number of carbonyl (C=O) groups is 1. The summed E-state index contributed by atoms with van der Waals surface area (Å²) < 4.78 is 0. The average Bonchev–Trinajstić information content (AvgIpc) is 2.98. The summed E-state index contributed by atoms with van der Waals surface area (Å²) in [5.74, 6) is -0.0267. The van der Waals surface area contributed by atoms with Crippen LogP contribution in [0.1, 0.15) is 15.2 Å². The molecule has 0 saturated heterocycles. The number of pyridine rings is 1. The maximum atomic E-state index is 12.2. The number of H-pyrrole nitrogens is 1. The van der Waals surface area contributed by atoms with Crippen LogP contribution in [0.3, 0.4) is 0 Å². The van der Waals surface area contributed by atoms with Gasteiger partial charge in [0.15, 0.2) is 0 Å². The van der Waals surface area contributed by atoms with Crippen LogP contribution in [-0.4, -0.2) is 15.8 Å². The van der Waals surface area contributed by atoms with Crippen LogP contribution in [0.4, 0.5) is 0 Å². The number of halogens is 1. The van der Waals surface area contributed by atoms with E-state index in [1.807, 2.05) is 11.4 Å². The maximum absolute atomic E-state index is 12.2. The average molecular weight is 263 g/mol. The third-order valence-corrected chi connectivity index (χ3v) is 3.70. The molecule has 0 spiro atoms. The third-order valence-electron chi connectivity index (χ3n) is 2.51. The first-order chi connectivity index (χ1) is 8.27. The van der Waals surface area contributed by atoms with Crippen molar-refractivity contribution in [2.45, 2.75) is 0 Å². The zero-order valence-corrected chi connectivity index (χ0v) is 10.2. The van der Waals surface area contributed by atoms with Gasteiger partial charge in [-0.15, -0.1) is 11.3 Å². The van der Waals surface area contributed by atoms with Gasteiger partial charge in [-0.25, -0.2) is 4.98 Å². The fourth-order valence-corrected chi connectivity index (χ4v) is 2.66. The van der Waals surface area contributed by atoms with Crippen LogP contribution >= 0.6 is 22.9 Å². The molecule has 3 rings (SSSR count). The molecule has 3 aromatic rings. The second-order valence-electron chi connectivity index (χ2n) is 3.53. The molecule has 3 heterocycles. The summed E-state index contributed by atoms with van der Waals surface area (Å²) in [6, 6.07) is 5.34. The quantitative estimate of drug-likeness (QED) is 0.719. The number of hydrogen-bond acceptors (Lipinski definition) is 3. The molecule has 84 valence electrons. The number of fused-ring (bicyclic) bond motifs is 1. The molecule has 3 aromatic heterocycles. The van der Waals surface area contributed by atoms with E-state index in [-0.39, 0.29) is 5.78 Å². The van der Waals surface area contributed by atoms with Gasteiger partial charge in [-0.05, 0) is 17.5 Å². The van der Waals surface area contributed by atoms with Crippen molar-refractivity contribution in [3.8, 4) is 0 Å². The first-order valence-electron chi connectivity index (χ1n) is 4.97. The van der Waals surface area contributed by atoms with E-state index in [1.165, 1.54) is 11.3 Å². The lowest BCUT2D eigenvalue weighted by Gasteiger charge is -1.97. The van der Waals surface area contributed by atoms with Crippen LogP contribution in [0, 0.1) is 0 Å². The van der Waals surface area contributed by atoms with Crippen molar-refractivity contribution in [2.75, 3.05) is 0 Å². The van der Waals surface area contributed by atoms with Gasteiger partial charge in [0, 0.05) is 17.8 Å². The zero-order valence-electron chi connectivity index (χ0n) is 8.61. The van der Waals surface area contributed by atoms with E-state index in [9.17, 15) is 4.79 Å². The fourth-order valence-electron chi connectivity index (χ4n) is 1.74. The minimum absolute atomic E-state index is 0.0267. The molecule has 3 nitrogen and oxygen atoms in total. The summed E-state index contributed by atoms with van der Waals surface area (Å²) in [4.78, 5) is 20.0. The summed E-state index contributed by atoms with van der Waals surface area (Å²) in [6.07, 6.45) is 3.27. The van der Waals surface area contributed by atoms with Crippen molar-refractivity contribution in [1.82, 2.24) is 9.97 Å². The van der Waals surface area contributed by atoms with Gasteiger partial charge in [-0.3, -0.25) is 4.79 Å². The van der Waals surface area contributed by atoms with Gasteiger partial charge in [-0.2, -0.15) is 0 Å². The van der Waals surface area contributed by atoms with Crippen LogP contribution in [0.15, 0.2) is 36.0 Å². The predicted molar refractivity (Wildman–Crippen MR) is 68.9 cm³/mol. The topological polar surface area (TPSA) is 45.8 Å². The van der Waals surface area contributed by atoms with E-state index >= 15 is 0 Å². The van der Waals surface area contributed by atoms with Crippen LogP contribution in [0.25, 0.3) is 11.0 Å². The molecule has 0 aliphatic carbocycles. The Morgan fingerprint density at radius 2 is 2.29 bits per heavy atom. The molecule has 0 aliphatic rings. The number of aromatic amines is 1. The number of rotatable bonds is 2. The van der Waals surface area contributed by atoms with Gasteiger partial charge in [0.2, 0.25) is 5.78 Å². The molecule has 1 N–H and O–H groups in total. The number of carbonyl (C=O) groups excluding carboxylic acids is 1. The van der Waals surface area contributed by atoms with Gasteiger partial charge in [0.05, 0.1) is 15.5 Å². The van der Waals surface area contributed by atoms with E-state index in [0.717, 1.165) is 0 Å². The highest BCUT2D eigenvalue weighted by Crippen LogP contribution is 2.27. The lowest BCUT2D eigenvalue weighted by molar-refractivity contribution is 0.104. The van der Waals surface area contributed by atoms with Gasteiger partial charge in [0.25, 0.3) is 0 Å². The number of ketones is 1. The summed E-state index contributed by atoms with van der Waals surface area (Å²) in [5, 5.41) is 3.10. The molecule has 0 fully saturated rings. The molecule has 0 aliphatic heterocycles. The molecule has 0 bridgehead atoms. The van der Waals surface area contributed by atoms with Crippen LogP contribution in [-0.2, 0) is 0 Å². The van der Waals surface area contributed by atoms with E-state index in [0.29, 0.717) is 26.5 Å². The lowest BCUT2D eigenvalue weighted by atomic mass is 10.1. The van der Waals surface area contributed by atoms with Crippen molar-refractivity contribution in [3.63, 3.8) is 0 Å². The molecule has 5 heteroatoms. The van der Waals surface area contributed by atoms with E-state index < -0.39 is 0 Å². The number of nitrogens with zero attached hydrogens (tertiary/aromatic N) is 1. The molecule has 0 radical (unpaired) electrons. The second kappa shape index (κ2) is 3.98. The van der Waals surface area contributed by atoms with Crippen molar-refractivity contribution in [3.05, 3.63) is 51.4 Å². The Morgan fingerprint density at radius 1 is 1.41 bits per heavy atom.